The predicted octanol–water partition coefficient (Wildman–Crippen LogP) is 0.339. The largest absolute Gasteiger partial charge is 0.395 e. The normalized spacial score (nSPS) is 12.1. The molecule has 0 saturated heterocycles. The van der Waals surface area contributed by atoms with Crippen molar-refractivity contribution in [2.45, 2.75) is 4.90 Å². The lowest BCUT2D eigenvalue weighted by molar-refractivity contribution is 0.319. The maximum atomic E-state index is 11.7. The molecule has 1 heterocycles. The number of aromatic nitrogens is 2. The van der Waals surface area contributed by atoms with Crippen LogP contribution in [0, 0.1) is 0 Å². The van der Waals surface area contributed by atoms with Gasteiger partial charge in [0, 0.05) is 7.05 Å². The van der Waals surface area contributed by atoms with Crippen molar-refractivity contribution < 1.29 is 13.5 Å². The number of hydrogen-bond donors (Lipinski definition) is 1. The van der Waals surface area contributed by atoms with Crippen molar-refractivity contribution in [1.82, 2.24) is 9.55 Å². The smallest absolute Gasteiger partial charge is 0.180 e. The molecule has 6 heteroatoms. The number of sulfone groups is 1. The first kappa shape index (κ1) is 11.1. The zero-order valence-electron chi connectivity index (χ0n) is 8.79. The first-order chi connectivity index (χ1) is 7.54. The van der Waals surface area contributed by atoms with Gasteiger partial charge in [0.1, 0.15) is 0 Å². The number of aliphatic hydroxyl groups excluding tert-OH is 1. The standard InChI is InChI=1S/C10H12N2O3S/c1-12-7-11-9-6-8(2-3-10(9)12)16(14,15)5-4-13/h2-3,6-7,13H,4-5H2,1H3. The second kappa shape index (κ2) is 3.88. The monoisotopic (exact) mass is 240 g/mol. The van der Waals surface area contributed by atoms with Crippen molar-refractivity contribution in [3.8, 4) is 0 Å². The van der Waals surface area contributed by atoms with Crippen LogP contribution < -0.4 is 0 Å². The third-order valence-electron chi connectivity index (χ3n) is 2.42. The highest BCUT2D eigenvalue weighted by atomic mass is 32.2. The molecule has 0 aliphatic carbocycles. The molecule has 0 aliphatic heterocycles. The lowest BCUT2D eigenvalue weighted by atomic mass is 10.3. The minimum Gasteiger partial charge on any atom is -0.395 e. The Kier molecular flexibility index (Phi) is 2.69. The molecule has 1 aromatic heterocycles. The van der Waals surface area contributed by atoms with E-state index in [1.807, 2.05) is 11.6 Å². The molecule has 2 rings (SSSR count). The highest BCUT2D eigenvalue weighted by Gasteiger charge is 2.14. The second-order valence-corrected chi connectivity index (χ2v) is 5.66. The van der Waals surface area contributed by atoms with Crippen LogP contribution in [0.4, 0.5) is 0 Å². The van der Waals surface area contributed by atoms with Gasteiger partial charge in [0.15, 0.2) is 9.84 Å². The van der Waals surface area contributed by atoms with E-state index in [9.17, 15) is 8.42 Å². The van der Waals surface area contributed by atoms with E-state index in [-0.39, 0.29) is 17.3 Å². The van der Waals surface area contributed by atoms with Crippen molar-refractivity contribution in [2.24, 2.45) is 7.05 Å². The van der Waals surface area contributed by atoms with Gasteiger partial charge in [-0.05, 0) is 18.2 Å². The first-order valence-electron chi connectivity index (χ1n) is 4.79. The molecule has 1 N–H and O–H groups in total. The average Bonchev–Trinajstić information content (AvgIpc) is 2.60. The Bertz CT molecular complexity index is 616. The number of fused-ring (bicyclic) bond motifs is 1. The Morgan fingerprint density at radius 1 is 1.44 bits per heavy atom. The molecule has 1 aromatic carbocycles. The Morgan fingerprint density at radius 3 is 2.88 bits per heavy atom. The lowest BCUT2D eigenvalue weighted by Crippen LogP contribution is -2.09. The summed E-state index contributed by atoms with van der Waals surface area (Å²) >= 11 is 0. The van der Waals surface area contributed by atoms with Crippen LogP contribution in [-0.2, 0) is 16.9 Å². The fourth-order valence-corrected chi connectivity index (χ4v) is 2.59. The third kappa shape index (κ3) is 1.81. The van der Waals surface area contributed by atoms with Crippen molar-refractivity contribution in [1.29, 1.82) is 0 Å². The lowest BCUT2D eigenvalue weighted by Gasteiger charge is -2.02. The summed E-state index contributed by atoms with van der Waals surface area (Å²) in [6, 6.07) is 4.78. The molecule has 2 aromatic rings. The van der Waals surface area contributed by atoms with E-state index in [1.54, 1.807) is 12.4 Å². The van der Waals surface area contributed by atoms with Gasteiger partial charge in [0.2, 0.25) is 0 Å². The van der Waals surface area contributed by atoms with Crippen molar-refractivity contribution in [3.63, 3.8) is 0 Å². The quantitative estimate of drug-likeness (QED) is 0.839. The zero-order valence-corrected chi connectivity index (χ0v) is 9.61. The molecule has 0 saturated carbocycles. The van der Waals surface area contributed by atoms with Gasteiger partial charge in [-0.15, -0.1) is 0 Å². The van der Waals surface area contributed by atoms with E-state index < -0.39 is 9.84 Å². The molecular formula is C10H12N2O3S. The summed E-state index contributed by atoms with van der Waals surface area (Å²) in [5.41, 5.74) is 1.52. The van der Waals surface area contributed by atoms with Crippen molar-refractivity contribution in [3.05, 3.63) is 24.5 Å². The Balaban J connectivity index is 2.55. The fourth-order valence-electron chi connectivity index (χ4n) is 1.55. The minimum absolute atomic E-state index is 0.202. The van der Waals surface area contributed by atoms with E-state index in [2.05, 4.69) is 4.98 Å². The van der Waals surface area contributed by atoms with E-state index in [0.29, 0.717) is 5.52 Å². The third-order valence-corrected chi connectivity index (χ3v) is 4.11. The number of aryl methyl sites for hydroxylation is 1. The van der Waals surface area contributed by atoms with Gasteiger partial charge in [-0.3, -0.25) is 0 Å². The van der Waals surface area contributed by atoms with Crippen molar-refractivity contribution >= 4 is 20.9 Å². The molecule has 0 unspecified atom stereocenters. The summed E-state index contributed by atoms with van der Waals surface area (Å²) < 4.78 is 25.2. The van der Waals surface area contributed by atoms with Crippen LogP contribution in [0.25, 0.3) is 11.0 Å². The summed E-state index contributed by atoms with van der Waals surface area (Å²) in [6.45, 7) is -0.372. The molecule has 0 radical (unpaired) electrons. The summed E-state index contributed by atoms with van der Waals surface area (Å²) in [4.78, 5) is 4.29. The van der Waals surface area contributed by atoms with Gasteiger partial charge in [0.05, 0.1) is 34.6 Å². The Hall–Kier alpha value is -1.40. The zero-order chi connectivity index (χ0) is 11.8. The van der Waals surface area contributed by atoms with Crippen molar-refractivity contribution in [2.75, 3.05) is 12.4 Å². The molecule has 0 aliphatic rings. The van der Waals surface area contributed by atoms with Crippen LogP contribution in [0.2, 0.25) is 0 Å². The summed E-state index contributed by atoms with van der Waals surface area (Å²) in [6.07, 6.45) is 1.63. The van der Waals surface area contributed by atoms with E-state index in [1.165, 1.54) is 12.1 Å². The van der Waals surface area contributed by atoms with E-state index in [0.717, 1.165) is 5.52 Å². The Morgan fingerprint density at radius 2 is 2.19 bits per heavy atom. The van der Waals surface area contributed by atoms with Crippen LogP contribution >= 0.6 is 0 Å². The average molecular weight is 240 g/mol. The molecular weight excluding hydrogens is 228 g/mol. The van der Waals surface area contributed by atoms with Gasteiger partial charge in [0.25, 0.3) is 0 Å². The highest BCUT2D eigenvalue weighted by Crippen LogP contribution is 2.18. The molecule has 0 spiro atoms. The Labute approximate surface area is 93.3 Å². The first-order valence-corrected chi connectivity index (χ1v) is 6.44. The maximum absolute atomic E-state index is 11.7. The van der Waals surface area contributed by atoms with Gasteiger partial charge in [-0.2, -0.15) is 0 Å². The molecule has 5 nitrogen and oxygen atoms in total. The van der Waals surface area contributed by atoms with Crippen LogP contribution in [0.15, 0.2) is 29.4 Å². The number of benzene rings is 1. The maximum Gasteiger partial charge on any atom is 0.180 e. The van der Waals surface area contributed by atoms with E-state index in [4.69, 9.17) is 5.11 Å². The molecule has 0 bridgehead atoms. The van der Waals surface area contributed by atoms with Gasteiger partial charge < -0.3 is 9.67 Å². The van der Waals surface area contributed by atoms with E-state index >= 15 is 0 Å². The molecule has 0 atom stereocenters. The number of rotatable bonds is 3. The second-order valence-electron chi connectivity index (χ2n) is 3.55. The number of nitrogens with zero attached hydrogens (tertiary/aromatic N) is 2. The summed E-state index contributed by atoms with van der Waals surface area (Å²) in [5.74, 6) is -0.259. The summed E-state index contributed by atoms with van der Waals surface area (Å²) in [5, 5.41) is 8.68. The van der Waals surface area contributed by atoms with Crippen LogP contribution in [0.3, 0.4) is 0 Å². The van der Waals surface area contributed by atoms with Crippen LogP contribution in [-0.4, -0.2) is 35.4 Å². The SMILES string of the molecule is Cn1cnc2cc(S(=O)(=O)CCO)ccc21. The predicted molar refractivity (Wildman–Crippen MR) is 59.9 cm³/mol. The van der Waals surface area contributed by atoms with Crippen LogP contribution in [0.5, 0.6) is 0 Å². The number of aliphatic hydroxyl groups is 1. The molecule has 0 amide bonds. The minimum atomic E-state index is -3.39. The van der Waals surface area contributed by atoms with Gasteiger partial charge in [-0.25, -0.2) is 13.4 Å². The number of imidazole rings is 1. The highest BCUT2D eigenvalue weighted by molar-refractivity contribution is 7.91. The topological polar surface area (TPSA) is 72.2 Å². The van der Waals surface area contributed by atoms with Gasteiger partial charge >= 0.3 is 0 Å². The number of hydrogen-bond acceptors (Lipinski definition) is 4. The molecule has 0 fully saturated rings. The molecule has 86 valence electrons. The fraction of sp³-hybridized carbons (Fsp3) is 0.300. The molecule has 16 heavy (non-hydrogen) atoms. The summed E-state index contributed by atoms with van der Waals surface area (Å²) in [7, 11) is -1.55. The van der Waals surface area contributed by atoms with Gasteiger partial charge in [-0.1, -0.05) is 0 Å². The van der Waals surface area contributed by atoms with Crippen LogP contribution in [0.1, 0.15) is 0 Å².